The fourth-order valence-electron chi connectivity index (χ4n) is 2.70. The molecule has 2 rings (SSSR count). The summed E-state index contributed by atoms with van der Waals surface area (Å²) in [7, 11) is 0. The first-order valence-corrected chi connectivity index (χ1v) is 9.49. The molecule has 0 aliphatic carbocycles. The second-order valence-corrected chi connectivity index (χ2v) is 7.77. The van der Waals surface area contributed by atoms with Gasteiger partial charge >= 0.3 is 6.09 Å². The Morgan fingerprint density at radius 2 is 2.19 bits per heavy atom. The van der Waals surface area contributed by atoms with Crippen LogP contribution in [0.4, 0.5) is 4.79 Å². The van der Waals surface area contributed by atoms with E-state index >= 15 is 0 Å². The van der Waals surface area contributed by atoms with E-state index in [1.807, 2.05) is 65.2 Å². The number of hydrogen-bond donors (Lipinski definition) is 0. The van der Waals surface area contributed by atoms with E-state index in [9.17, 15) is 4.79 Å². The van der Waals surface area contributed by atoms with Crippen molar-refractivity contribution in [2.24, 2.45) is 0 Å². The number of aryl methyl sites for hydroxylation is 1. The number of nitrogens with zero attached hydrogens (tertiary/aromatic N) is 3. The number of carbonyl (C=O) groups excluding carboxylic acids is 1. The van der Waals surface area contributed by atoms with Gasteiger partial charge in [0.05, 0.1) is 25.4 Å². The molecule has 0 bridgehead atoms. The highest BCUT2D eigenvalue weighted by atomic mass is 16.6. The summed E-state index contributed by atoms with van der Waals surface area (Å²) in [4.78, 5) is 19.0. The Labute approximate surface area is 162 Å². The second kappa shape index (κ2) is 9.76. The lowest BCUT2D eigenvalue weighted by Crippen LogP contribution is -2.44. The Morgan fingerprint density at radius 3 is 2.74 bits per heavy atom. The first-order valence-electron chi connectivity index (χ1n) is 9.49. The molecule has 1 amide bonds. The zero-order chi connectivity index (χ0) is 19.9. The highest BCUT2D eigenvalue weighted by Gasteiger charge is 2.30. The third-order valence-electron chi connectivity index (χ3n) is 4.16. The molecule has 6 nitrogen and oxygen atoms in total. The van der Waals surface area contributed by atoms with Gasteiger partial charge in [-0.1, -0.05) is 18.2 Å². The zero-order valence-corrected chi connectivity index (χ0v) is 17.1. The molecule has 0 fully saturated rings. The zero-order valence-electron chi connectivity index (χ0n) is 17.1. The lowest BCUT2D eigenvalue weighted by Gasteiger charge is -2.27. The summed E-state index contributed by atoms with van der Waals surface area (Å²) in [5, 5.41) is 0. The van der Waals surface area contributed by atoms with Crippen LogP contribution in [0, 0.1) is 6.92 Å². The molecular formula is C21H32N3O3+. The molecule has 0 N–H and O–H groups in total. The van der Waals surface area contributed by atoms with Gasteiger partial charge in [0.25, 0.3) is 0 Å². The van der Waals surface area contributed by atoms with Crippen LogP contribution < -0.4 is 0 Å². The number of pyridine rings is 1. The van der Waals surface area contributed by atoms with Crippen LogP contribution in [0.1, 0.15) is 45.1 Å². The number of aromatic nitrogens is 1. The minimum Gasteiger partial charge on any atom is -0.406 e. The third-order valence-corrected chi connectivity index (χ3v) is 4.16. The molecule has 6 heteroatoms. The summed E-state index contributed by atoms with van der Waals surface area (Å²) in [6.45, 7) is 13.0. The maximum absolute atomic E-state index is 12.2. The molecule has 1 aromatic rings. The van der Waals surface area contributed by atoms with Crippen molar-refractivity contribution in [3.8, 4) is 0 Å². The number of rotatable bonds is 6. The van der Waals surface area contributed by atoms with Crippen LogP contribution in [0.2, 0.25) is 0 Å². The third kappa shape index (κ3) is 7.23. The molecule has 1 aromatic heterocycles. The average molecular weight is 375 g/mol. The van der Waals surface area contributed by atoms with Gasteiger partial charge in [-0.25, -0.2) is 0 Å². The number of carbonyl (C=O) groups is 1. The van der Waals surface area contributed by atoms with Gasteiger partial charge in [-0.3, -0.25) is 9.88 Å². The highest BCUT2D eigenvalue weighted by Crippen LogP contribution is 2.18. The first kappa shape index (κ1) is 21.3. The van der Waals surface area contributed by atoms with Crippen LogP contribution in [0.25, 0.3) is 0 Å². The highest BCUT2D eigenvalue weighted by molar-refractivity contribution is 5.67. The normalized spacial score (nSPS) is 17.0. The molecule has 27 heavy (non-hydrogen) atoms. The Hall–Kier alpha value is -2.05. The van der Waals surface area contributed by atoms with E-state index in [0.29, 0.717) is 19.7 Å². The first-order chi connectivity index (χ1) is 12.8. The fourth-order valence-corrected chi connectivity index (χ4v) is 2.70. The number of hydrogen-bond acceptors (Lipinski definition) is 5. The van der Waals surface area contributed by atoms with Gasteiger partial charge in [0.15, 0.2) is 12.8 Å². The molecule has 148 valence electrons. The van der Waals surface area contributed by atoms with Crippen LogP contribution in [0.5, 0.6) is 0 Å². The lowest BCUT2D eigenvalue weighted by atomic mass is 10.2. The molecule has 1 atom stereocenters. The predicted molar refractivity (Wildman–Crippen MR) is 106 cm³/mol. The Balaban J connectivity index is 1.99. The monoisotopic (exact) mass is 374 g/mol. The van der Waals surface area contributed by atoms with E-state index in [0.717, 1.165) is 24.3 Å². The lowest BCUT2D eigenvalue weighted by molar-refractivity contribution is -0.453. The Kier molecular flexibility index (Phi) is 7.68. The maximum Gasteiger partial charge on any atom is 0.596 e. The molecule has 0 radical (unpaired) electrons. The van der Waals surface area contributed by atoms with Gasteiger partial charge < -0.3 is 9.47 Å². The van der Waals surface area contributed by atoms with Gasteiger partial charge in [-0.05, 0) is 46.2 Å². The molecular weight excluding hydrogens is 342 g/mol. The van der Waals surface area contributed by atoms with E-state index in [1.165, 1.54) is 0 Å². The van der Waals surface area contributed by atoms with Crippen LogP contribution >= 0.6 is 0 Å². The molecule has 0 saturated heterocycles. The number of amides is 1. The molecule has 0 aromatic carbocycles. The summed E-state index contributed by atoms with van der Waals surface area (Å²) in [5.74, 6) is 0. The van der Waals surface area contributed by atoms with Gasteiger partial charge in [-0.15, -0.1) is 4.58 Å². The van der Waals surface area contributed by atoms with Crippen LogP contribution in [0.3, 0.4) is 0 Å². The standard InChI is InChI=1S/C21H32N3O3/c1-6-7-14-26-19(18-9-8-17(2)15-22-18)16-23-10-12-24(13-11-23)20(25)27-21(3,4)5/h6-9,12,15,19H,10-11,13-14,16H2,1-5H3/q+1/b7-6+. The van der Waals surface area contributed by atoms with E-state index in [1.54, 1.807) is 4.58 Å². The summed E-state index contributed by atoms with van der Waals surface area (Å²) < 4.78 is 13.1. The summed E-state index contributed by atoms with van der Waals surface area (Å²) >= 11 is 0. The van der Waals surface area contributed by atoms with Crippen molar-refractivity contribution in [2.75, 3.05) is 32.8 Å². The summed E-state index contributed by atoms with van der Waals surface area (Å²) in [6, 6.07) is 4.08. The molecule has 0 spiro atoms. The topological polar surface area (TPSA) is 54.7 Å². The maximum atomic E-state index is 12.2. The Bertz CT molecular complexity index is 675. The van der Waals surface area contributed by atoms with Crippen molar-refractivity contribution in [2.45, 2.75) is 46.3 Å². The summed E-state index contributed by atoms with van der Waals surface area (Å²) in [6.07, 6.45) is 7.34. The van der Waals surface area contributed by atoms with E-state index in [2.05, 4.69) is 16.0 Å². The van der Waals surface area contributed by atoms with Crippen LogP contribution in [0.15, 0.2) is 30.5 Å². The molecule has 1 aliphatic heterocycles. The molecule has 1 unspecified atom stereocenters. The predicted octanol–water partition coefficient (Wildman–Crippen LogP) is 3.36. The van der Waals surface area contributed by atoms with E-state index in [-0.39, 0.29) is 12.2 Å². The molecule has 1 aliphatic rings. The number of ether oxygens (including phenoxy) is 2. The van der Waals surface area contributed by atoms with E-state index in [4.69, 9.17) is 9.47 Å². The van der Waals surface area contributed by atoms with Gasteiger partial charge in [-0.2, -0.15) is 4.79 Å². The van der Waals surface area contributed by atoms with Crippen molar-refractivity contribution < 1.29 is 18.8 Å². The van der Waals surface area contributed by atoms with Gasteiger partial charge in [0.1, 0.15) is 11.7 Å². The fraction of sp³-hybridized carbons (Fsp3) is 0.571. The minimum atomic E-state index is -0.481. The van der Waals surface area contributed by atoms with E-state index < -0.39 is 5.60 Å². The Morgan fingerprint density at radius 1 is 1.41 bits per heavy atom. The summed E-state index contributed by atoms with van der Waals surface area (Å²) in [5.41, 5.74) is 1.58. The van der Waals surface area contributed by atoms with Crippen molar-refractivity contribution in [3.05, 3.63) is 41.7 Å². The van der Waals surface area contributed by atoms with Crippen molar-refractivity contribution >= 4 is 12.3 Å². The SMILES string of the molecule is C/C=C/COC(CN1CC=[N+](C(=O)OC(C)(C)C)CC1)c1ccc(C)cn1. The largest absolute Gasteiger partial charge is 0.596 e. The minimum absolute atomic E-state index is 0.108. The van der Waals surface area contributed by atoms with Crippen molar-refractivity contribution in [3.63, 3.8) is 0 Å². The van der Waals surface area contributed by atoms with Crippen molar-refractivity contribution in [1.29, 1.82) is 0 Å². The van der Waals surface area contributed by atoms with Gasteiger partial charge in [0, 0.05) is 12.7 Å². The van der Waals surface area contributed by atoms with Gasteiger partial charge in [0.2, 0.25) is 0 Å². The second-order valence-electron chi connectivity index (χ2n) is 7.77. The smallest absolute Gasteiger partial charge is 0.406 e. The average Bonchev–Trinajstić information content (AvgIpc) is 2.61. The van der Waals surface area contributed by atoms with Crippen LogP contribution in [-0.4, -0.2) is 65.2 Å². The quantitative estimate of drug-likeness (QED) is 0.564. The van der Waals surface area contributed by atoms with Crippen LogP contribution in [-0.2, 0) is 9.47 Å². The number of allylic oxidation sites excluding steroid dienone is 1. The molecule has 0 saturated carbocycles. The van der Waals surface area contributed by atoms with Crippen molar-refractivity contribution in [1.82, 2.24) is 9.88 Å². The molecule has 2 heterocycles.